The third kappa shape index (κ3) is 48.5. The molecule has 0 heterocycles. The molecule has 0 aliphatic carbocycles. The molecule has 320 valence electrons. The van der Waals surface area contributed by atoms with Crippen molar-refractivity contribution in [1.29, 1.82) is 0 Å². The average Bonchev–Trinajstić information content (AvgIpc) is 3.08. The Labute approximate surface area is 318 Å². The summed E-state index contributed by atoms with van der Waals surface area (Å²) in [6, 6.07) is 0. The van der Waals surface area contributed by atoms with Crippen LogP contribution in [0.4, 0.5) is 0 Å². The maximum absolute atomic E-state index is 11.7. The number of rotatable bonds is 28. The van der Waals surface area contributed by atoms with Crippen LogP contribution in [0.1, 0.15) is 133 Å². The number of phosphoric ester groups is 1. The molecule has 7 atom stereocenters. The fourth-order valence-electron chi connectivity index (χ4n) is 2.68. The molecule has 0 aliphatic rings. The van der Waals surface area contributed by atoms with E-state index in [2.05, 4.69) is 46.1 Å². The van der Waals surface area contributed by atoms with Gasteiger partial charge < -0.3 is 42.0 Å². The minimum atomic E-state index is -4.23. The van der Waals surface area contributed by atoms with E-state index >= 15 is 0 Å². The molecule has 0 amide bonds. The van der Waals surface area contributed by atoms with E-state index < -0.39 is 36.7 Å². The molecule has 0 fully saturated rings. The first-order chi connectivity index (χ1) is 24.0. The van der Waals surface area contributed by atoms with E-state index in [9.17, 15) is 23.4 Å². The molecule has 0 aromatic rings. The van der Waals surface area contributed by atoms with Gasteiger partial charge in [0, 0.05) is 20.0 Å². The van der Waals surface area contributed by atoms with Crippen LogP contribution in [0.15, 0.2) is 0 Å². The van der Waals surface area contributed by atoms with Crippen molar-refractivity contribution in [3.05, 3.63) is 0 Å². The van der Waals surface area contributed by atoms with Crippen LogP contribution in [0.5, 0.6) is 0 Å². The van der Waals surface area contributed by atoms with Gasteiger partial charge >= 0.3 is 30.6 Å². The summed E-state index contributed by atoms with van der Waals surface area (Å²) in [7, 11) is -12.8. The maximum Gasteiger partial charge on any atom is 0.469 e. The lowest BCUT2D eigenvalue weighted by molar-refractivity contribution is 0.0907. The molecule has 3 unspecified atom stereocenters. The second kappa shape index (κ2) is 35.9. The average molecular weight is 837 g/mol. The first-order valence-electron chi connectivity index (χ1n) is 19.0. The fraction of sp³-hybridized carbons (Fsp3) is 1.00. The summed E-state index contributed by atoms with van der Waals surface area (Å²) in [6.45, 7) is 27.5. The van der Waals surface area contributed by atoms with Crippen molar-refractivity contribution in [3.63, 3.8) is 0 Å². The summed E-state index contributed by atoms with van der Waals surface area (Å²) in [6.07, 6.45) is 8.80. The van der Waals surface area contributed by atoms with Gasteiger partial charge in [-0.25, -0.2) is 4.57 Å². The molecular weight excluding hydrogens is 756 g/mol. The van der Waals surface area contributed by atoms with Crippen molar-refractivity contribution >= 4 is 30.6 Å². The van der Waals surface area contributed by atoms with Gasteiger partial charge in [0.15, 0.2) is 0 Å². The lowest BCUT2D eigenvalue weighted by Gasteiger charge is -2.16. The van der Waals surface area contributed by atoms with Crippen molar-refractivity contribution in [2.45, 2.75) is 140 Å². The Balaban J connectivity index is -0.000000298. The molecule has 52 heavy (non-hydrogen) atoms. The number of hydrogen-bond donors (Lipinski definition) is 3. The van der Waals surface area contributed by atoms with Crippen molar-refractivity contribution in [2.75, 3.05) is 66.2 Å². The van der Waals surface area contributed by atoms with E-state index in [1.54, 1.807) is 13.3 Å². The second-order valence-corrected chi connectivity index (χ2v) is 20.6. The first-order valence-corrected chi connectivity index (χ1v) is 26.5. The highest BCUT2D eigenvalue weighted by Gasteiger charge is 2.19. The third-order valence-corrected chi connectivity index (χ3v) is 11.5. The van der Waals surface area contributed by atoms with Gasteiger partial charge in [0.1, 0.15) is 0 Å². The highest BCUT2D eigenvalue weighted by molar-refractivity contribution is 7.53. The first kappa shape index (κ1) is 59.2. The topological polar surface area (TPSA) is 194 Å². The van der Waals surface area contributed by atoms with Gasteiger partial charge in [0.25, 0.3) is 0 Å². The summed E-state index contributed by atoms with van der Waals surface area (Å²) in [5.41, 5.74) is 0. The molecule has 14 nitrogen and oxygen atoms in total. The zero-order chi connectivity index (χ0) is 41.3. The second-order valence-electron chi connectivity index (χ2n) is 13.2. The SMILES string of the molecule is CCCCOP(C)(=O)OC[C@H](C)CC.CCCCOP(C)(=O)OC[C@H](C)CC.CCCCOP(C)(=O)OC[C@H](O)CC.CC[C@@H](C)COP(=O)(O)O. The van der Waals surface area contributed by atoms with E-state index in [1.807, 2.05) is 27.7 Å². The van der Waals surface area contributed by atoms with Gasteiger partial charge in [0.05, 0.1) is 52.4 Å². The lowest BCUT2D eigenvalue weighted by atomic mass is 10.1. The van der Waals surface area contributed by atoms with E-state index in [1.165, 1.54) is 6.66 Å². The van der Waals surface area contributed by atoms with E-state index in [0.717, 1.165) is 57.8 Å². The predicted octanol–water partition coefficient (Wildman–Crippen LogP) is 10.9. The Morgan fingerprint density at radius 1 is 0.442 bits per heavy atom. The van der Waals surface area contributed by atoms with E-state index in [-0.39, 0.29) is 19.1 Å². The number of unbranched alkanes of at least 4 members (excludes halogenated alkanes) is 3. The van der Waals surface area contributed by atoms with Crippen LogP contribution in [-0.2, 0) is 49.9 Å². The monoisotopic (exact) mass is 836 g/mol. The predicted molar refractivity (Wildman–Crippen MR) is 214 cm³/mol. The Morgan fingerprint density at radius 2 is 0.712 bits per heavy atom. The Morgan fingerprint density at radius 3 is 0.942 bits per heavy atom. The molecule has 18 heteroatoms. The van der Waals surface area contributed by atoms with Crippen LogP contribution < -0.4 is 0 Å². The largest absolute Gasteiger partial charge is 0.469 e. The summed E-state index contributed by atoms with van der Waals surface area (Å²) < 4.78 is 80.3. The molecule has 0 spiro atoms. The van der Waals surface area contributed by atoms with Crippen molar-refractivity contribution in [3.8, 4) is 0 Å². The molecule has 0 aromatic heterocycles. The standard InChI is InChI=1S/2C10H23O3P.C9H21O4P.C5H13O4P/c2*1-5-7-8-12-14(4,11)13-9-10(3)6-2;1-4-6-7-12-14(3,11)13-8-9(10)5-2;1-3-5(2)4-9-10(6,7)8/h2*10H,5-9H2,1-4H3;9-10H,4-8H2,1-3H3;5H,3-4H2,1-2H3,(H2,6,7,8)/t2*10-,14?;9-,14?;5-/m1111/s1. The molecule has 0 aliphatic heterocycles. The highest BCUT2D eigenvalue weighted by Crippen LogP contribution is 2.45. The molecule has 0 radical (unpaired) electrons. The summed E-state index contributed by atoms with van der Waals surface area (Å²) in [5, 5.41) is 9.19. The number of phosphoric acid groups is 1. The van der Waals surface area contributed by atoms with Crippen LogP contribution in [0.25, 0.3) is 0 Å². The molecule has 0 rings (SSSR count). The van der Waals surface area contributed by atoms with E-state index in [0.29, 0.717) is 51.3 Å². The van der Waals surface area contributed by atoms with Crippen LogP contribution in [0.3, 0.4) is 0 Å². The third-order valence-electron chi connectivity index (χ3n) is 7.25. The van der Waals surface area contributed by atoms with Gasteiger partial charge in [0.2, 0.25) is 0 Å². The lowest BCUT2D eigenvalue weighted by Crippen LogP contribution is -2.13. The Bertz CT molecular complexity index is 887. The van der Waals surface area contributed by atoms with Crippen molar-refractivity contribution in [1.82, 2.24) is 0 Å². The van der Waals surface area contributed by atoms with Gasteiger partial charge in [-0.15, -0.1) is 0 Å². The Kier molecular flexibility index (Phi) is 40.9. The molecule has 0 saturated heterocycles. The van der Waals surface area contributed by atoms with E-state index in [4.69, 9.17) is 36.9 Å². The van der Waals surface area contributed by atoms with Crippen LogP contribution in [0.2, 0.25) is 0 Å². The van der Waals surface area contributed by atoms with Gasteiger partial charge in [-0.1, -0.05) is 108 Å². The van der Waals surface area contributed by atoms with Crippen LogP contribution in [0, 0.1) is 17.8 Å². The minimum Gasteiger partial charge on any atom is -0.391 e. The normalized spacial score (nSPS) is 17.2. The molecule has 0 aromatic carbocycles. The molecule has 0 saturated carbocycles. The minimum absolute atomic E-state index is 0.0798. The zero-order valence-corrected chi connectivity index (χ0v) is 38.5. The molecule has 3 N–H and O–H groups in total. The van der Waals surface area contributed by atoms with Gasteiger partial charge in [-0.2, -0.15) is 0 Å². The molecule has 0 bridgehead atoms. The van der Waals surface area contributed by atoms with Crippen molar-refractivity contribution < 1.29 is 64.8 Å². The zero-order valence-electron chi connectivity index (χ0n) is 35.0. The summed E-state index contributed by atoms with van der Waals surface area (Å²) in [4.78, 5) is 16.5. The smallest absolute Gasteiger partial charge is 0.391 e. The number of hydrogen-bond acceptors (Lipinski definition) is 12. The summed E-state index contributed by atoms with van der Waals surface area (Å²) in [5.74, 6) is 1.09. The highest BCUT2D eigenvalue weighted by atomic mass is 31.2. The maximum atomic E-state index is 11.7. The van der Waals surface area contributed by atoms with Crippen LogP contribution in [-0.4, -0.2) is 87.2 Å². The number of aliphatic hydroxyl groups is 1. The van der Waals surface area contributed by atoms with Gasteiger partial charge in [-0.05, 0) is 43.4 Å². The molecular formula is C34H80O14P4. The van der Waals surface area contributed by atoms with Gasteiger partial charge in [-0.3, -0.25) is 18.2 Å². The summed E-state index contributed by atoms with van der Waals surface area (Å²) >= 11 is 0. The fourth-order valence-corrected chi connectivity index (χ4v) is 6.23. The quantitative estimate of drug-likeness (QED) is 0.0497. The number of aliphatic hydroxyl groups excluding tert-OH is 1. The van der Waals surface area contributed by atoms with Crippen molar-refractivity contribution in [2.24, 2.45) is 17.8 Å². The van der Waals surface area contributed by atoms with Crippen LogP contribution >= 0.6 is 30.6 Å². The Hall–Kier alpha value is 0.520.